The highest BCUT2D eigenvalue weighted by Gasteiger charge is 2.24. The summed E-state index contributed by atoms with van der Waals surface area (Å²) < 4.78 is 0. The molecule has 1 unspecified atom stereocenters. The molecule has 0 heterocycles. The van der Waals surface area contributed by atoms with E-state index in [4.69, 9.17) is 0 Å². The maximum Gasteiger partial charge on any atom is 0.00104 e. The van der Waals surface area contributed by atoms with Gasteiger partial charge in [-0.1, -0.05) is 97.8 Å². The van der Waals surface area contributed by atoms with Crippen LogP contribution in [0.15, 0.2) is 0 Å². The van der Waals surface area contributed by atoms with E-state index < -0.39 is 0 Å². The van der Waals surface area contributed by atoms with Crippen LogP contribution in [0.5, 0.6) is 0 Å². The Bertz CT molecular complexity index is 218. The van der Waals surface area contributed by atoms with Crippen LogP contribution >= 0.6 is 0 Å². The molecule has 1 aliphatic rings. The molecule has 0 radical (unpaired) electrons. The summed E-state index contributed by atoms with van der Waals surface area (Å²) in [7, 11) is 0. The van der Waals surface area contributed by atoms with Crippen LogP contribution in [0.25, 0.3) is 0 Å². The molecule has 21 heavy (non-hydrogen) atoms. The average molecular weight is 296 g/mol. The van der Waals surface area contributed by atoms with Gasteiger partial charge in [-0.3, -0.25) is 0 Å². The fourth-order valence-electron chi connectivity index (χ4n) is 3.86. The SMILES string of the molecule is CCCCCCCCCCC(CNC(C)C)C1CCCC1. The van der Waals surface area contributed by atoms with Gasteiger partial charge in [-0.05, 0) is 24.8 Å². The van der Waals surface area contributed by atoms with Gasteiger partial charge < -0.3 is 5.32 Å². The van der Waals surface area contributed by atoms with Crippen LogP contribution < -0.4 is 5.32 Å². The predicted molar refractivity (Wildman–Crippen MR) is 95.8 cm³/mol. The van der Waals surface area contributed by atoms with Crippen molar-refractivity contribution in [2.75, 3.05) is 6.54 Å². The molecule has 0 amide bonds. The average Bonchev–Trinajstić information content (AvgIpc) is 2.98. The zero-order chi connectivity index (χ0) is 15.3. The number of unbranched alkanes of at least 4 members (excludes halogenated alkanes) is 7. The molecule has 1 rings (SSSR count). The second-order valence-electron chi connectivity index (χ2n) is 7.63. The Hall–Kier alpha value is -0.0400. The lowest BCUT2D eigenvalue weighted by Crippen LogP contribution is -2.32. The number of hydrogen-bond donors (Lipinski definition) is 1. The van der Waals surface area contributed by atoms with E-state index in [1.165, 1.54) is 90.0 Å². The molecular formula is C20H41N. The molecule has 126 valence electrons. The number of nitrogens with one attached hydrogen (secondary N) is 1. The third-order valence-electron chi connectivity index (χ3n) is 5.28. The van der Waals surface area contributed by atoms with Crippen molar-refractivity contribution < 1.29 is 0 Å². The van der Waals surface area contributed by atoms with Crippen LogP contribution in [-0.2, 0) is 0 Å². The van der Waals surface area contributed by atoms with Crippen LogP contribution in [0.1, 0.15) is 104 Å². The molecule has 1 N–H and O–H groups in total. The van der Waals surface area contributed by atoms with Gasteiger partial charge in [-0.2, -0.15) is 0 Å². The Kier molecular flexibility index (Phi) is 11.3. The van der Waals surface area contributed by atoms with Crippen LogP contribution in [0.3, 0.4) is 0 Å². The minimum Gasteiger partial charge on any atom is -0.314 e. The maximum absolute atomic E-state index is 3.70. The topological polar surface area (TPSA) is 12.0 Å². The molecule has 0 aromatic heterocycles. The Labute approximate surface area is 134 Å². The quantitative estimate of drug-likeness (QED) is 0.392. The monoisotopic (exact) mass is 295 g/mol. The summed E-state index contributed by atoms with van der Waals surface area (Å²) in [6.45, 7) is 8.12. The molecule has 1 saturated carbocycles. The highest BCUT2D eigenvalue weighted by molar-refractivity contribution is 4.77. The molecule has 0 aliphatic heterocycles. The van der Waals surface area contributed by atoms with Crippen molar-refractivity contribution in [3.63, 3.8) is 0 Å². The van der Waals surface area contributed by atoms with Gasteiger partial charge in [0.2, 0.25) is 0 Å². The zero-order valence-corrected chi connectivity index (χ0v) is 15.1. The lowest BCUT2D eigenvalue weighted by Gasteiger charge is -2.25. The maximum atomic E-state index is 3.70. The van der Waals surface area contributed by atoms with E-state index in [-0.39, 0.29) is 0 Å². The molecule has 0 aromatic rings. The van der Waals surface area contributed by atoms with E-state index >= 15 is 0 Å². The largest absolute Gasteiger partial charge is 0.314 e. The summed E-state index contributed by atoms with van der Waals surface area (Å²) in [6, 6.07) is 0.646. The minimum atomic E-state index is 0.646. The molecule has 1 atom stereocenters. The van der Waals surface area contributed by atoms with E-state index in [0.717, 1.165) is 11.8 Å². The van der Waals surface area contributed by atoms with Crippen molar-refractivity contribution >= 4 is 0 Å². The standard InChI is InChI=1S/C20H41N/c1-4-5-6-7-8-9-10-11-16-20(17-21-18(2)3)19-14-12-13-15-19/h18-21H,4-17H2,1-3H3. The van der Waals surface area contributed by atoms with Gasteiger partial charge in [-0.15, -0.1) is 0 Å². The Morgan fingerprint density at radius 1 is 0.857 bits per heavy atom. The summed E-state index contributed by atoms with van der Waals surface area (Å²) in [6.07, 6.45) is 19.1. The van der Waals surface area contributed by atoms with Gasteiger partial charge in [0.05, 0.1) is 0 Å². The predicted octanol–water partition coefficient (Wildman–Crippen LogP) is 6.32. The van der Waals surface area contributed by atoms with Crippen LogP contribution in [0, 0.1) is 11.8 Å². The van der Waals surface area contributed by atoms with Gasteiger partial charge in [-0.25, -0.2) is 0 Å². The summed E-state index contributed by atoms with van der Waals surface area (Å²) in [5.41, 5.74) is 0. The van der Waals surface area contributed by atoms with Gasteiger partial charge in [0.1, 0.15) is 0 Å². The van der Waals surface area contributed by atoms with Crippen LogP contribution in [-0.4, -0.2) is 12.6 Å². The summed E-state index contributed by atoms with van der Waals surface area (Å²) in [4.78, 5) is 0. The summed E-state index contributed by atoms with van der Waals surface area (Å²) in [5.74, 6) is 1.98. The highest BCUT2D eigenvalue weighted by Crippen LogP contribution is 2.34. The van der Waals surface area contributed by atoms with Crippen molar-refractivity contribution in [3.8, 4) is 0 Å². The second-order valence-corrected chi connectivity index (χ2v) is 7.63. The lowest BCUT2D eigenvalue weighted by molar-refractivity contribution is 0.288. The molecule has 0 spiro atoms. The van der Waals surface area contributed by atoms with E-state index in [9.17, 15) is 0 Å². The molecule has 1 heteroatoms. The lowest BCUT2D eigenvalue weighted by atomic mass is 9.86. The first kappa shape index (κ1) is 19.0. The minimum absolute atomic E-state index is 0.646. The van der Waals surface area contributed by atoms with E-state index in [1.54, 1.807) is 0 Å². The number of rotatable bonds is 13. The second kappa shape index (κ2) is 12.5. The van der Waals surface area contributed by atoms with E-state index in [1.807, 2.05) is 0 Å². The highest BCUT2D eigenvalue weighted by atomic mass is 14.9. The van der Waals surface area contributed by atoms with Crippen molar-refractivity contribution in [2.45, 2.75) is 110 Å². The molecule has 0 saturated heterocycles. The molecule has 1 fully saturated rings. The van der Waals surface area contributed by atoms with Gasteiger partial charge in [0.25, 0.3) is 0 Å². The van der Waals surface area contributed by atoms with Gasteiger partial charge >= 0.3 is 0 Å². The molecular weight excluding hydrogens is 254 g/mol. The van der Waals surface area contributed by atoms with Gasteiger partial charge in [0.15, 0.2) is 0 Å². The van der Waals surface area contributed by atoms with E-state index in [2.05, 4.69) is 26.1 Å². The van der Waals surface area contributed by atoms with Crippen molar-refractivity contribution in [1.82, 2.24) is 5.32 Å². The first-order chi connectivity index (χ1) is 10.2. The summed E-state index contributed by atoms with van der Waals surface area (Å²) >= 11 is 0. The van der Waals surface area contributed by atoms with E-state index in [0.29, 0.717) is 6.04 Å². The Morgan fingerprint density at radius 2 is 1.43 bits per heavy atom. The number of hydrogen-bond acceptors (Lipinski definition) is 1. The van der Waals surface area contributed by atoms with Crippen LogP contribution in [0.4, 0.5) is 0 Å². The Morgan fingerprint density at radius 3 is 2.00 bits per heavy atom. The third-order valence-corrected chi connectivity index (χ3v) is 5.28. The Balaban J connectivity index is 2.08. The molecule has 1 aliphatic carbocycles. The first-order valence-electron chi connectivity index (χ1n) is 9.97. The van der Waals surface area contributed by atoms with Crippen LogP contribution in [0.2, 0.25) is 0 Å². The molecule has 1 nitrogen and oxygen atoms in total. The zero-order valence-electron chi connectivity index (χ0n) is 15.1. The first-order valence-corrected chi connectivity index (χ1v) is 9.97. The fraction of sp³-hybridized carbons (Fsp3) is 1.00. The summed E-state index contributed by atoms with van der Waals surface area (Å²) in [5, 5.41) is 3.70. The fourth-order valence-corrected chi connectivity index (χ4v) is 3.86. The van der Waals surface area contributed by atoms with Crippen molar-refractivity contribution in [1.29, 1.82) is 0 Å². The normalized spacial score (nSPS) is 17.7. The molecule has 0 aromatic carbocycles. The van der Waals surface area contributed by atoms with Crippen molar-refractivity contribution in [3.05, 3.63) is 0 Å². The third kappa shape index (κ3) is 9.55. The smallest absolute Gasteiger partial charge is 0.00104 e. The molecule has 0 bridgehead atoms. The van der Waals surface area contributed by atoms with Crippen molar-refractivity contribution in [2.24, 2.45) is 11.8 Å². The van der Waals surface area contributed by atoms with Gasteiger partial charge in [0, 0.05) is 6.04 Å².